The molecule has 0 amide bonds. The summed E-state index contributed by atoms with van der Waals surface area (Å²) in [5, 5.41) is 0. The van der Waals surface area contributed by atoms with E-state index in [1.54, 1.807) is 0 Å². The molecular weight excluding hydrogens is 162 g/mol. The predicted octanol–water partition coefficient (Wildman–Crippen LogP) is -0.647. The first kappa shape index (κ1) is 11.4. The monoisotopic (exact) mass is 177 g/mol. The summed E-state index contributed by atoms with van der Waals surface area (Å²) in [5.74, 6) is -0.990. The number of esters is 1. The van der Waals surface area contributed by atoms with Crippen LogP contribution in [0.5, 0.6) is 0 Å². The molecule has 0 rings (SSSR count). The van der Waals surface area contributed by atoms with Gasteiger partial charge in [-0.25, -0.2) is 0 Å². The number of nitrogens with two attached hydrogens (primary N) is 1. The van der Waals surface area contributed by atoms with Gasteiger partial charge in [0.25, 0.3) is 0 Å². The van der Waals surface area contributed by atoms with Crippen LogP contribution >= 0.6 is 0 Å². The van der Waals surface area contributed by atoms with Crippen molar-refractivity contribution in [1.29, 1.82) is 0 Å². The lowest BCUT2D eigenvalue weighted by Crippen LogP contribution is -2.37. The van der Waals surface area contributed by atoms with E-state index in [2.05, 4.69) is 4.74 Å². The molecule has 0 aliphatic rings. The van der Waals surface area contributed by atoms with E-state index in [1.165, 1.54) is 21.3 Å². The number of hydrogen-bond donors (Lipinski definition) is 1. The second kappa shape index (κ2) is 5.93. The average Bonchev–Trinajstić information content (AvgIpc) is 2.12. The molecule has 0 spiro atoms. The maximum Gasteiger partial charge on any atom is 0.315 e. The minimum absolute atomic E-state index is 0.138. The van der Waals surface area contributed by atoms with E-state index >= 15 is 0 Å². The molecule has 2 N–H and O–H groups in total. The van der Waals surface area contributed by atoms with Crippen molar-refractivity contribution in [2.75, 3.05) is 27.9 Å². The Hall–Kier alpha value is -0.650. The van der Waals surface area contributed by atoms with Crippen molar-refractivity contribution in [2.24, 2.45) is 11.7 Å². The van der Waals surface area contributed by atoms with Crippen LogP contribution in [-0.2, 0) is 19.0 Å². The van der Waals surface area contributed by atoms with Gasteiger partial charge >= 0.3 is 5.97 Å². The smallest absolute Gasteiger partial charge is 0.315 e. The molecule has 5 nitrogen and oxygen atoms in total. The van der Waals surface area contributed by atoms with Crippen molar-refractivity contribution in [2.45, 2.75) is 6.29 Å². The first-order valence-corrected chi connectivity index (χ1v) is 3.54. The third kappa shape index (κ3) is 2.77. The van der Waals surface area contributed by atoms with Gasteiger partial charge in [-0.05, 0) is 0 Å². The summed E-state index contributed by atoms with van der Waals surface area (Å²) in [5.41, 5.74) is 5.34. The number of ether oxygens (including phenoxy) is 3. The summed E-state index contributed by atoms with van der Waals surface area (Å²) in [6, 6.07) is 0. The van der Waals surface area contributed by atoms with Crippen LogP contribution in [-0.4, -0.2) is 40.1 Å². The van der Waals surface area contributed by atoms with E-state index in [0.29, 0.717) is 0 Å². The summed E-state index contributed by atoms with van der Waals surface area (Å²) >= 11 is 0. The number of carbonyl (C=O) groups is 1. The lowest BCUT2D eigenvalue weighted by molar-refractivity contribution is -0.172. The molecule has 72 valence electrons. The molecule has 0 aromatic carbocycles. The van der Waals surface area contributed by atoms with E-state index in [1.807, 2.05) is 0 Å². The zero-order valence-corrected chi connectivity index (χ0v) is 7.57. The molecule has 0 bridgehead atoms. The molecule has 0 radical (unpaired) electrons. The van der Waals surface area contributed by atoms with Gasteiger partial charge in [0.05, 0.1) is 7.11 Å². The van der Waals surface area contributed by atoms with Crippen molar-refractivity contribution < 1.29 is 19.0 Å². The van der Waals surface area contributed by atoms with E-state index in [0.717, 1.165) is 0 Å². The molecular formula is C7H15NO4. The molecule has 1 atom stereocenters. The van der Waals surface area contributed by atoms with Crippen molar-refractivity contribution >= 4 is 5.97 Å². The van der Waals surface area contributed by atoms with Crippen molar-refractivity contribution in [3.63, 3.8) is 0 Å². The predicted molar refractivity (Wildman–Crippen MR) is 42.4 cm³/mol. The first-order chi connectivity index (χ1) is 5.71. The molecule has 0 fully saturated rings. The topological polar surface area (TPSA) is 70.8 Å². The Morgan fingerprint density at radius 2 is 1.83 bits per heavy atom. The minimum atomic E-state index is -0.637. The molecule has 5 heteroatoms. The fraction of sp³-hybridized carbons (Fsp3) is 0.857. The Kier molecular flexibility index (Phi) is 5.61. The van der Waals surface area contributed by atoms with E-state index < -0.39 is 18.2 Å². The standard InChI is InChI=1S/C7H15NO4/c1-10-6(9)5(4-8)7(11-2)12-3/h5,7H,4,8H2,1-3H3. The fourth-order valence-electron chi connectivity index (χ4n) is 0.895. The molecule has 12 heavy (non-hydrogen) atoms. The Bertz CT molecular complexity index is 135. The van der Waals surface area contributed by atoms with Crippen LogP contribution in [0.2, 0.25) is 0 Å². The zero-order valence-electron chi connectivity index (χ0n) is 7.57. The van der Waals surface area contributed by atoms with Gasteiger partial charge in [-0.3, -0.25) is 4.79 Å². The van der Waals surface area contributed by atoms with Crippen LogP contribution < -0.4 is 5.73 Å². The zero-order chi connectivity index (χ0) is 9.56. The van der Waals surface area contributed by atoms with E-state index in [-0.39, 0.29) is 6.54 Å². The average molecular weight is 177 g/mol. The fourth-order valence-corrected chi connectivity index (χ4v) is 0.895. The highest BCUT2D eigenvalue weighted by Crippen LogP contribution is 2.08. The highest BCUT2D eigenvalue weighted by atomic mass is 16.7. The van der Waals surface area contributed by atoms with E-state index in [9.17, 15) is 4.79 Å². The normalized spacial score (nSPS) is 13.1. The maximum atomic E-state index is 11.0. The molecule has 0 aromatic rings. The molecule has 0 heterocycles. The molecule has 0 saturated carbocycles. The largest absolute Gasteiger partial charge is 0.469 e. The number of hydrogen-bond acceptors (Lipinski definition) is 5. The number of carbonyl (C=O) groups excluding carboxylic acids is 1. The lowest BCUT2D eigenvalue weighted by Gasteiger charge is -2.20. The first-order valence-electron chi connectivity index (χ1n) is 3.54. The van der Waals surface area contributed by atoms with Gasteiger partial charge in [-0.15, -0.1) is 0 Å². The molecule has 0 aromatic heterocycles. The third-order valence-corrected chi connectivity index (χ3v) is 1.55. The van der Waals surface area contributed by atoms with Crippen LogP contribution in [0.4, 0.5) is 0 Å². The molecule has 0 aliphatic carbocycles. The lowest BCUT2D eigenvalue weighted by atomic mass is 10.1. The number of methoxy groups -OCH3 is 3. The van der Waals surface area contributed by atoms with Gasteiger partial charge in [-0.2, -0.15) is 0 Å². The van der Waals surface area contributed by atoms with Crippen molar-refractivity contribution in [3.05, 3.63) is 0 Å². The Labute approximate surface area is 71.8 Å². The number of rotatable bonds is 5. The summed E-state index contributed by atoms with van der Waals surface area (Å²) in [6.07, 6.45) is -0.637. The Balaban J connectivity index is 4.19. The second-order valence-corrected chi connectivity index (χ2v) is 2.21. The summed E-state index contributed by atoms with van der Waals surface area (Å²) < 4.78 is 14.3. The van der Waals surface area contributed by atoms with Gasteiger partial charge < -0.3 is 19.9 Å². The van der Waals surface area contributed by atoms with Crippen LogP contribution in [0.25, 0.3) is 0 Å². The summed E-state index contributed by atoms with van der Waals surface area (Å²) in [4.78, 5) is 11.0. The highest BCUT2D eigenvalue weighted by molar-refractivity contribution is 5.72. The van der Waals surface area contributed by atoms with Crippen LogP contribution in [0, 0.1) is 5.92 Å². The van der Waals surface area contributed by atoms with Crippen molar-refractivity contribution in [1.82, 2.24) is 0 Å². The van der Waals surface area contributed by atoms with Crippen molar-refractivity contribution in [3.8, 4) is 0 Å². The summed E-state index contributed by atoms with van der Waals surface area (Å²) in [6.45, 7) is 0.138. The Morgan fingerprint density at radius 3 is 2.08 bits per heavy atom. The quantitative estimate of drug-likeness (QED) is 0.446. The molecule has 0 aliphatic heterocycles. The second-order valence-electron chi connectivity index (χ2n) is 2.21. The summed E-state index contributed by atoms with van der Waals surface area (Å²) in [7, 11) is 4.19. The van der Waals surface area contributed by atoms with Gasteiger partial charge in [0.2, 0.25) is 0 Å². The van der Waals surface area contributed by atoms with Gasteiger partial charge in [0.15, 0.2) is 6.29 Å². The Morgan fingerprint density at radius 1 is 1.33 bits per heavy atom. The minimum Gasteiger partial charge on any atom is -0.469 e. The van der Waals surface area contributed by atoms with Gasteiger partial charge in [0.1, 0.15) is 5.92 Å². The van der Waals surface area contributed by atoms with Crippen LogP contribution in [0.1, 0.15) is 0 Å². The van der Waals surface area contributed by atoms with Crippen LogP contribution in [0.15, 0.2) is 0 Å². The molecule has 0 saturated heterocycles. The van der Waals surface area contributed by atoms with E-state index in [4.69, 9.17) is 15.2 Å². The van der Waals surface area contributed by atoms with Crippen LogP contribution in [0.3, 0.4) is 0 Å². The molecule has 1 unspecified atom stereocenters. The third-order valence-electron chi connectivity index (χ3n) is 1.55. The van der Waals surface area contributed by atoms with Gasteiger partial charge in [0, 0.05) is 20.8 Å². The maximum absolute atomic E-state index is 11.0. The highest BCUT2D eigenvalue weighted by Gasteiger charge is 2.27. The SMILES string of the molecule is COC(=O)C(CN)C(OC)OC. The van der Waals surface area contributed by atoms with Gasteiger partial charge in [-0.1, -0.05) is 0 Å².